The van der Waals surface area contributed by atoms with Gasteiger partial charge in [0.2, 0.25) is 0 Å². The van der Waals surface area contributed by atoms with E-state index < -0.39 is 6.10 Å². The molecule has 1 unspecified atom stereocenters. The van der Waals surface area contributed by atoms with E-state index in [1.807, 2.05) is 60.8 Å². The normalized spacial score (nSPS) is 13.0. The van der Waals surface area contributed by atoms with Crippen LogP contribution in [0.1, 0.15) is 226 Å². The van der Waals surface area contributed by atoms with Crippen LogP contribution in [0.2, 0.25) is 0 Å². The molecular weight excluding hydrogens is 805 g/mol. The SMILES string of the molecule is CC\C=C/C=C\C=C/C=C\C=C\C=C/CCCCCC(=O)OC(COC(=O)CCCCC/C=C\C=C/CCCC)COC(=O)CCCCCCCCC/C=C\CCCCCCCCCC. The molecule has 0 saturated carbocycles. The second kappa shape index (κ2) is 52.7. The third-order valence-electron chi connectivity index (χ3n) is 10.9. The average Bonchev–Trinajstić information content (AvgIpc) is 3.30. The number of carbonyl (C=O) groups is 3. The van der Waals surface area contributed by atoms with E-state index in [0.29, 0.717) is 19.3 Å². The van der Waals surface area contributed by atoms with Gasteiger partial charge >= 0.3 is 17.9 Å². The fourth-order valence-electron chi connectivity index (χ4n) is 6.92. The average molecular weight is 901 g/mol. The molecule has 0 N–H and O–H groups in total. The van der Waals surface area contributed by atoms with Crippen LogP contribution in [0.5, 0.6) is 0 Å². The summed E-state index contributed by atoms with van der Waals surface area (Å²) < 4.78 is 16.7. The molecular formula is C59H96O6. The van der Waals surface area contributed by atoms with Crippen LogP contribution in [-0.4, -0.2) is 37.2 Å². The zero-order valence-electron chi connectivity index (χ0n) is 42.0. The van der Waals surface area contributed by atoms with Gasteiger partial charge in [0.25, 0.3) is 0 Å². The van der Waals surface area contributed by atoms with Gasteiger partial charge in [0, 0.05) is 19.3 Å². The second-order valence-corrected chi connectivity index (χ2v) is 17.2. The van der Waals surface area contributed by atoms with Gasteiger partial charge in [-0.25, -0.2) is 0 Å². The van der Waals surface area contributed by atoms with E-state index in [0.717, 1.165) is 77.0 Å². The smallest absolute Gasteiger partial charge is 0.306 e. The Hall–Kier alpha value is -3.93. The Morgan fingerprint density at radius 1 is 0.323 bits per heavy atom. The van der Waals surface area contributed by atoms with Crippen LogP contribution in [0.3, 0.4) is 0 Å². The minimum atomic E-state index is -0.815. The van der Waals surface area contributed by atoms with Crippen molar-refractivity contribution in [1.82, 2.24) is 0 Å². The van der Waals surface area contributed by atoms with Gasteiger partial charge in [-0.15, -0.1) is 0 Å². The van der Waals surface area contributed by atoms with Gasteiger partial charge in [0.05, 0.1) is 0 Å². The number of esters is 3. The molecule has 0 aliphatic carbocycles. The lowest BCUT2D eigenvalue weighted by atomic mass is 10.1. The lowest BCUT2D eigenvalue weighted by molar-refractivity contribution is -0.167. The summed E-state index contributed by atoms with van der Waals surface area (Å²) in [5.41, 5.74) is 0. The monoisotopic (exact) mass is 901 g/mol. The molecule has 0 bridgehead atoms. The molecule has 0 aromatic heterocycles. The summed E-state index contributed by atoms with van der Waals surface area (Å²) >= 11 is 0. The van der Waals surface area contributed by atoms with E-state index in [2.05, 4.69) is 69.4 Å². The number of carbonyl (C=O) groups excluding carboxylic acids is 3. The van der Waals surface area contributed by atoms with E-state index in [1.54, 1.807) is 0 Å². The molecule has 0 radical (unpaired) electrons. The van der Waals surface area contributed by atoms with Gasteiger partial charge < -0.3 is 14.2 Å². The standard InChI is InChI=1S/C59H96O6/c1-4-7-10-13-16-19-22-24-26-28-29-31-32-34-37-40-43-46-49-52-58(61)64-55-56(54-63-57(60)51-48-45-42-39-36-21-18-15-12-9-6-3)65-59(62)53-50-47-44-41-38-35-33-30-27-25-23-20-17-14-11-8-5-2/h8,11,14-15,17-18,20-21,23,25,27-30,33,35-36,38,56H,4-7,9-10,12-13,16,19,22,24,26,31-32,34,37,39-55H2,1-3H3/b11-8-,17-14-,18-15-,23-20-,27-25-,29-28-,33-30+,36-21-,38-35-. The summed E-state index contributed by atoms with van der Waals surface area (Å²) in [4.78, 5) is 38.0. The molecule has 1 atom stereocenters. The highest BCUT2D eigenvalue weighted by atomic mass is 16.6. The summed E-state index contributed by atoms with van der Waals surface area (Å²) in [5.74, 6) is -0.991. The highest BCUT2D eigenvalue weighted by Crippen LogP contribution is 2.14. The first-order valence-corrected chi connectivity index (χ1v) is 26.5. The maximum Gasteiger partial charge on any atom is 0.306 e. The van der Waals surface area contributed by atoms with Crippen molar-refractivity contribution in [1.29, 1.82) is 0 Å². The summed E-state index contributed by atoms with van der Waals surface area (Å²) in [5, 5.41) is 0. The predicted octanol–water partition coefficient (Wildman–Crippen LogP) is 17.5. The highest BCUT2D eigenvalue weighted by molar-refractivity contribution is 5.71. The van der Waals surface area contributed by atoms with Gasteiger partial charge in [-0.05, 0) is 83.5 Å². The van der Waals surface area contributed by atoms with E-state index in [1.165, 1.54) is 103 Å². The number of hydrogen-bond acceptors (Lipinski definition) is 6. The Morgan fingerprint density at radius 2 is 0.631 bits per heavy atom. The summed E-state index contributed by atoms with van der Waals surface area (Å²) in [6.07, 6.45) is 70.8. The van der Waals surface area contributed by atoms with E-state index >= 15 is 0 Å². The van der Waals surface area contributed by atoms with Crippen LogP contribution in [0.25, 0.3) is 0 Å². The maximum absolute atomic E-state index is 12.8. The molecule has 65 heavy (non-hydrogen) atoms. The van der Waals surface area contributed by atoms with Crippen molar-refractivity contribution in [2.75, 3.05) is 13.2 Å². The molecule has 0 aliphatic heterocycles. The van der Waals surface area contributed by atoms with Crippen molar-refractivity contribution in [3.05, 3.63) is 109 Å². The molecule has 0 spiro atoms. The van der Waals surface area contributed by atoms with Gasteiger partial charge in [0.15, 0.2) is 6.10 Å². The van der Waals surface area contributed by atoms with Gasteiger partial charge in [0.1, 0.15) is 13.2 Å². The molecule has 0 aromatic carbocycles. The second-order valence-electron chi connectivity index (χ2n) is 17.2. The lowest BCUT2D eigenvalue weighted by Crippen LogP contribution is -2.30. The summed E-state index contributed by atoms with van der Waals surface area (Å²) in [6, 6.07) is 0. The topological polar surface area (TPSA) is 78.9 Å². The van der Waals surface area contributed by atoms with Crippen LogP contribution in [0, 0.1) is 0 Å². The molecule has 6 nitrogen and oxygen atoms in total. The third kappa shape index (κ3) is 50.9. The van der Waals surface area contributed by atoms with E-state index in [4.69, 9.17) is 14.2 Å². The first kappa shape index (κ1) is 61.1. The molecule has 0 aromatic rings. The Balaban J connectivity index is 4.48. The Morgan fingerprint density at radius 3 is 1.06 bits per heavy atom. The van der Waals surface area contributed by atoms with Crippen molar-refractivity contribution < 1.29 is 28.6 Å². The number of hydrogen-bond donors (Lipinski definition) is 0. The number of ether oxygens (including phenoxy) is 3. The van der Waals surface area contributed by atoms with Crippen molar-refractivity contribution in [3.8, 4) is 0 Å². The van der Waals surface area contributed by atoms with Crippen LogP contribution in [0.15, 0.2) is 109 Å². The van der Waals surface area contributed by atoms with Crippen molar-refractivity contribution in [3.63, 3.8) is 0 Å². The maximum atomic E-state index is 12.8. The minimum Gasteiger partial charge on any atom is -0.462 e. The highest BCUT2D eigenvalue weighted by Gasteiger charge is 2.19. The number of rotatable bonds is 46. The Labute approximate surface area is 400 Å². The van der Waals surface area contributed by atoms with Crippen molar-refractivity contribution in [2.24, 2.45) is 0 Å². The molecule has 0 saturated heterocycles. The summed E-state index contributed by atoms with van der Waals surface area (Å²) in [7, 11) is 0. The Bertz CT molecular complexity index is 1360. The molecule has 0 rings (SSSR count). The van der Waals surface area contributed by atoms with Gasteiger partial charge in [-0.2, -0.15) is 0 Å². The molecule has 368 valence electrons. The van der Waals surface area contributed by atoms with Crippen molar-refractivity contribution in [2.45, 2.75) is 232 Å². The molecule has 0 aliphatic rings. The van der Waals surface area contributed by atoms with Crippen LogP contribution >= 0.6 is 0 Å². The van der Waals surface area contributed by atoms with Crippen LogP contribution < -0.4 is 0 Å². The minimum absolute atomic E-state index is 0.109. The van der Waals surface area contributed by atoms with Crippen LogP contribution in [-0.2, 0) is 28.6 Å². The van der Waals surface area contributed by atoms with Gasteiger partial charge in [-0.1, -0.05) is 233 Å². The fraction of sp³-hybridized carbons (Fsp3) is 0.644. The predicted molar refractivity (Wildman–Crippen MR) is 279 cm³/mol. The first-order chi connectivity index (χ1) is 32.0. The summed E-state index contributed by atoms with van der Waals surface area (Å²) in [6.45, 7) is 6.37. The quantitative estimate of drug-likeness (QED) is 0.0199. The molecule has 0 fully saturated rings. The fourth-order valence-corrected chi connectivity index (χ4v) is 6.92. The van der Waals surface area contributed by atoms with Crippen LogP contribution in [0.4, 0.5) is 0 Å². The zero-order valence-corrected chi connectivity index (χ0v) is 42.0. The van der Waals surface area contributed by atoms with Crippen molar-refractivity contribution >= 4 is 17.9 Å². The van der Waals surface area contributed by atoms with E-state index in [-0.39, 0.29) is 37.5 Å². The third-order valence-corrected chi connectivity index (χ3v) is 10.9. The zero-order chi connectivity index (χ0) is 47.2. The molecule has 0 amide bonds. The largest absolute Gasteiger partial charge is 0.462 e. The molecule has 0 heterocycles. The molecule has 6 heteroatoms. The number of unbranched alkanes of at least 4 members (excludes halogenated alkanes) is 23. The van der Waals surface area contributed by atoms with Gasteiger partial charge in [-0.3, -0.25) is 14.4 Å². The van der Waals surface area contributed by atoms with E-state index in [9.17, 15) is 14.4 Å². The lowest BCUT2D eigenvalue weighted by Gasteiger charge is -2.18. The number of allylic oxidation sites excluding steroid dienone is 18. The first-order valence-electron chi connectivity index (χ1n) is 26.5. The Kier molecular flexibility index (Phi) is 49.5.